The summed E-state index contributed by atoms with van der Waals surface area (Å²) in [5.74, 6) is 1.13. The summed E-state index contributed by atoms with van der Waals surface area (Å²) in [4.78, 5) is 12.9. The van der Waals surface area contributed by atoms with Crippen molar-refractivity contribution >= 4 is 17.5 Å². The van der Waals surface area contributed by atoms with Crippen molar-refractivity contribution in [3.05, 3.63) is 53.6 Å². The predicted octanol–water partition coefficient (Wildman–Crippen LogP) is 5.54. The second-order valence-corrected chi connectivity index (χ2v) is 6.96. The van der Waals surface area contributed by atoms with Crippen LogP contribution in [0.3, 0.4) is 0 Å². The van der Waals surface area contributed by atoms with Crippen molar-refractivity contribution in [3.63, 3.8) is 0 Å². The fourth-order valence-corrected chi connectivity index (χ4v) is 3.03. The maximum Gasteiger partial charge on any atom is 0.416 e. The van der Waals surface area contributed by atoms with Gasteiger partial charge in [-0.05, 0) is 61.4 Å². The molecule has 0 fully saturated rings. The van der Waals surface area contributed by atoms with E-state index in [9.17, 15) is 18.0 Å². The van der Waals surface area contributed by atoms with E-state index >= 15 is 0 Å². The van der Waals surface area contributed by atoms with E-state index in [4.69, 9.17) is 9.47 Å². The van der Waals surface area contributed by atoms with Crippen molar-refractivity contribution < 1.29 is 27.4 Å². The highest BCUT2D eigenvalue weighted by atomic mass is 32.2. The minimum Gasteiger partial charge on any atom is -0.493 e. The minimum atomic E-state index is -4.39. The van der Waals surface area contributed by atoms with Crippen LogP contribution in [0.2, 0.25) is 0 Å². The molecule has 0 heterocycles. The number of rotatable bonds is 9. The van der Waals surface area contributed by atoms with Crippen molar-refractivity contribution in [1.82, 2.24) is 0 Å². The monoisotopic (exact) mass is 398 g/mol. The van der Waals surface area contributed by atoms with Crippen molar-refractivity contribution in [3.8, 4) is 11.5 Å². The van der Waals surface area contributed by atoms with E-state index < -0.39 is 11.7 Å². The van der Waals surface area contributed by atoms with Crippen LogP contribution in [0, 0.1) is 6.92 Å². The SMILES string of the molecule is CCCOc1ccc(SCC(=O)COc2ccc(C(F)(F)F)cc2)cc1C. The zero-order valence-corrected chi connectivity index (χ0v) is 16.0. The van der Waals surface area contributed by atoms with Crippen LogP contribution in [0.15, 0.2) is 47.4 Å². The first-order valence-electron chi connectivity index (χ1n) is 8.47. The maximum atomic E-state index is 12.5. The van der Waals surface area contributed by atoms with Gasteiger partial charge in [0.15, 0.2) is 5.78 Å². The first-order chi connectivity index (χ1) is 12.8. The van der Waals surface area contributed by atoms with Gasteiger partial charge in [0, 0.05) is 4.90 Å². The van der Waals surface area contributed by atoms with Crippen LogP contribution in [-0.2, 0) is 11.0 Å². The largest absolute Gasteiger partial charge is 0.493 e. The number of alkyl halides is 3. The number of halogens is 3. The molecular weight excluding hydrogens is 377 g/mol. The van der Waals surface area contributed by atoms with Gasteiger partial charge in [0.25, 0.3) is 0 Å². The second kappa shape index (κ2) is 9.69. The molecule has 0 amide bonds. The van der Waals surface area contributed by atoms with E-state index in [0.717, 1.165) is 34.8 Å². The standard InChI is InChI=1S/C20H21F3O3S/c1-3-10-25-19-9-8-18(11-14(19)2)27-13-16(24)12-26-17-6-4-15(5-7-17)20(21,22)23/h4-9,11H,3,10,12-13H2,1-2H3. The van der Waals surface area contributed by atoms with E-state index in [1.165, 1.54) is 23.9 Å². The summed E-state index contributed by atoms with van der Waals surface area (Å²) < 4.78 is 48.4. The summed E-state index contributed by atoms with van der Waals surface area (Å²) in [6.07, 6.45) is -3.45. The number of ether oxygens (including phenoxy) is 2. The molecule has 146 valence electrons. The number of hydrogen-bond acceptors (Lipinski definition) is 4. The summed E-state index contributed by atoms with van der Waals surface area (Å²) in [6.45, 7) is 4.46. The molecule has 7 heteroatoms. The minimum absolute atomic E-state index is 0.149. The van der Waals surface area contributed by atoms with Crippen molar-refractivity contribution in [2.45, 2.75) is 31.3 Å². The molecule has 0 spiro atoms. The highest BCUT2D eigenvalue weighted by Gasteiger charge is 2.30. The smallest absolute Gasteiger partial charge is 0.416 e. The van der Waals surface area contributed by atoms with Gasteiger partial charge in [-0.3, -0.25) is 4.79 Å². The number of Topliss-reactive ketones (excluding diaryl/α,β-unsaturated/α-hetero) is 1. The quantitative estimate of drug-likeness (QED) is 0.520. The lowest BCUT2D eigenvalue weighted by Crippen LogP contribution is -2.13. The summed E-state index contributed by atoms with van der Waals surface area (Å²) >= 11 is 1.38. The summed E-state index contributed by atoms with van der Waals surface area (Å²) in [5, 5.41) is 0. The Balaban J connectivity index is 1.80. The van der Waals surface area contributed by atoms with E-state index in [-0.39, 0.29) is 23.9 Å². The van der Waals surface area contributed by atoms with Gasteiger partial charge >= 0.3 is 6.18 Å². The molecule has 2 aromatic carbocycles. The number of carbonyl (C=O) groups is 1. The molecule has 0 aliphatic carbocycles. The average molecular weight is 398 g/mol. The Hall–Kier alpha value is -2.15. The van der Waals surface area contributed by atoms with Crippen LogP contribution < -0.4 is 9.47 Å². The third-order valence-corrected chi connectivity index (χ3v) is 4.64. The van der Waals surface area contributed by atoms with Crippen LogP contribution in [0.25, 0.3) is 0 Å². The summed E-state index contributed by atoms with van der Waals surface area (Å²) in [6, 6.07) is 10.0. The molecule has 0 saturated carbocycles. The lowest BCUT2D eigenvalue weighted by atomic mass is 10.2. The van der Waals surface area contributed by atoms with Gasteiger partial charge in [-0.1, -0.05) is 6.92 Å². The molecule has 2 aromatic rings. The lowest BCUT2D eigenvalue weighted by molar-refractivity contribution is -0.137. The third-order valence-electron chi connectivity index (χ3n) is 3.59. The average Bonchev–Trinajstić information content (AvgIpc) is 2.63. The van der Waals surface area contributed by atoms with Crippen molar-refractivity contribution in [1.29, 1.82) is 0 Å². The van der Waals surface area contributed by atoms with Crippen molar-refractivity contribution in [2.24, 2.45) is 0 Å². The molecular formula is C20H21F3O3S. The zero-order chi connectivity index (χ0) is 19.9. The van der Waals surface area contributed by atoms with Crippen LogP contribution in [-0.4, -0.2) is 24.7 Å². The number of thioether (sulfide) groups is 1. The molecule has 0 radical (unpaired) electrons. The zero-order valence-electron chi connectivity index (χ0n) is 15.1. The highest BCUT2D eigenvalue weighted by Crippen LogP contribution is 2.30. The summed E-state index contributed by atoms with van der Waals surface area (Å²) in [7, 11) is 0. The maximum absolute atomic E-state index is 12.5. The molecule has 0 saturated heterocycles. The van der Waals surface area contributed by atoms with Crippen LogP contribution in [0.4, 0.5) is 13.2 Å². The van der Waals surface area contributed by atoms with E-state index in [0.29, 0.717) is 6.61 Å². The third kappa shape index (κ3) is 6.82. The molecule has 27 heavy (non-hydrogen) atoms. The fourth-order valence-electron chi connectivity index (χ4n) is 2.20. The van der Waals surface area contributed by atoms with E-state index in [2.05, 4.69) is 0 Å². The van der Waals surface area contributed by atoms with Crippen LogP contribution in [0.5, 0.6) is 11.5 Å². The Morgan fingerprint density at radius 2 is 1.78 bits per heavy atom. The number of benzene rings is 2. The van der Waals surface area contributed by atoms with Gasteiger partial charge < -0.3 is 9.47 Å². The van der Waals surface area contributed by atoms with Crippen LogP contribution in [0.1, 0.15) is 24.5 Å². The van der Waals surface area contributed by atoms with Gasteiger partial charge in [-0.2, -0.15) is 13.2 Å². The molecule has 2 rings (SSSR count). The lowest BCUT2D eigenvalue weighted by Gasteiger charge is -2.10. The molecule has 0 bridgehead atoms. The topological polar surface area (TPSA) is 35.5 Å². The van der Waals surface area contributed by atoms with Gasteiger partial charge in [-0.25, -0.2) is 0 Å². The van der Waals surface area contributed by atoms with E-state index in [1.807, 2.05) is 32.0 Å². The number of carbonyl (C=O) groups excluding carboxylic acids is 1. The molecule has 0 aromatic heterocycles. The Bertz CT molecular complexity index is 758. The van der Waals surface area contributed by atoms with Gasteiger partial charge in [0.2, 0.25) is 0 Å². The van der Waals surface area contributed by atoms with E-state index in [1.54, 1.807) is 0 Å². The Kier molecular flexibility index (Phi) is 7.59. The number of ketones is 1. The molecule has 0 unspecified atom stereocenters. The highest BCUT2D eigenvalue weighted by molar-refractivity contribution is 8.00. The van der Waals surface area contributed by atoms with Crippen LogP contribution >= 0.6 is 11.8 Å². The van der Waals surface area contributed by atoms with Crippen molar-refractivity contribution in [2.75, 3.05) is 19.0 Å². The first-order valence-corrected chi connectivity index (χ1v) is 9.46. The normalized spacial score (nSPS) is 11.3. The fraction of sp³-hybridized carbons (Fsp3) is 0.350. The molecule has 3 nitrogen and oxygen atoms in total. The second-order valence-electron chi connectivity index (χ2n) is 5.91. The number of aryl methyl sites for hydroxylation is 1. The molecule has 0 N–H and O–H groups in total. The molecule has 0 atom stereocenters. The predicted molar refractivity (Wildman–Crippen MR) is 99.6 cm³/mol. The summed E-state index contributed by atoms with van der Waals surface area (Å²) in [5.41, 5.74) is 0.250. The molecule has 0 aliphatic heterocycles. The first kappa shape index (κ1) is 21.2. The molecule has 0 aliphatic rings. The Morgan fingerprint density at radius 3 is 2.37 bits per heavy atom. The Labute approximate surface area is 160 Å². The van der Waals surface area contributed by atoms with Gasteiger partial charge in [-0.15, -0.1) is 11.8 Å². The number of hydrogen-bond donors (Lipinski definition) is 0. The van der Waals surface area contributed by atoms with Gasteiger partial charge in [0.05, 0.1) is 17.9 Å². The Morgan fingerprint density at radius 1 is 1.07 bits per heavy atom. The van der Waals surface area contributed by atoms with Gasteiger partial charge in [0.1, 0.15) is 18.1 Å².